The number of fused-ring (bicyclic) bond motifs is 18. The van der Waals surface area contributed by atoms with Crippen LogP contribution in [0.1, 0.15) is 5.56 Å². The fraction of sp³-hybridized carbons (Fsp3) is 0. The maximum atomic E-state index is 8.79. The summed E-state index contributed by atoms with van der Waals surface area (Å²) in [6, 6.07) is 98.4. The van der Waals surface area contributed by atoms with Crippen molar-refractivity contribution in [2.75, 3.05) is 0 Å². The third-order valence-electron chi connectivity index (χ3n) is 19.7. The Labute approximate surface area is 627 Å². The van der Waals surface area contributed by atoms with Crippen molar-refractivity contribution in [3.8, 4) is 67.0 Å². The highest BCUT2D eigenvalue weighted by atomic mass is 35.5. The molecular formula is C92H52BClN4O4S4+. The van der Waals surface area contributed by atoms with Gasteiger partial charge < -0.3 is 18.5 Å². The molecule has 22 rings (SSSR count). The van der Waals surface area contributed by atoms with Crippen molar-refractivity contribution >= 4 is 195 Å². The van der Waals surface area contributed by atoms with Gasteiger partial charge in [0, 0.05) is 109 Å². The van der Waals surface area contributed by atoms with E-state index in [1.807, 2.05) is 64.4 Å². The van der Waals surface area contributed by atoms with E-state index in [2.05, 4.69) is 277 Å². The molecule has 8 nitrogen and oxygen atoms in total. The molecule has 497 valence electrons. The number of rotatable bonds is 9. The lowest BCUT2D eigenvalue weighted by Crippen LogP contribution is -1.98. The second kappa shape index (κ2) is 26.5. The summed E-state index contributed by atoms with van der Waals surface area (Å²) in [7, 11) is 0.687. The Balaban J connectivity index is 0.000000116. The van der Waals surface area contributed by atoms with Crippen molar-refractivity contribution in [1.82, 2.24) is 19.9 Å². The number of halogens is 1. The molecule has 8 heterocycles. The van der Waals surface area contributed by atoms with E-state index >= 15 is 0 Å². The number of aromatic nitrogens is 4. The molecule has 1 aliphatic rings. The number of benzene rings is 13. The van der Waals surface area contributed by atoms with Gasteiger partial charge in [-0.1, -0.05) is 212 Å². The molecule has 0 fully saturated rings. The minimum Gasteiger partial charge on any atom is -0.470 e. The van der Waals surface area contributed by atoms with Gasteiger partial charge >= 0.3 is 7.69 Å². The van der Waals surface area contributed by atoms with Gasteiger partial charge in [0.2, 0.25) is 5.76 Å². The summed E-state index contributed by atoms with van der Waals surface area (Å²) >= 11 is 13.5. The highest BCUT2D eigenvalue weighted by molar-refractivity contribution is 7.27. The molecule has 1 radical (unpaired) electrons. The molecule has 0 atom stereocenters. The molecule has 0 unspecified atom stereocenters. The zero-order valence-corrected chi connectivity index (χ0v) is 60.0. The first kappa shape index (κ1) is 63.4. The minimum atomic E-state index is 0.568. The first-order valence-corrected chi connectivity index (χ1v) is 38.1. The lowest BCUT2D eigenvalue weighted by molar-refractivity contribution is 0.382. The molecule has 14 heteroatoms. The van der Waals surface area contributed by atoms with E-state index in [1.54, 1.807) is 30.1 Å². The highest BCUT2D eigenvalue weighted by Gasteiger charge is 2.23. The second-order valence-corrected chi connectivity index (χ2v) is 30.5. The van der Waals surface area contributed by atoms with Crippen LogP contribution >= 0.6 is 56.9 Å². The van der Waals surface area contributed by atoms with E-state index in [0.29, 0.717) is 29.6 Å². The van der Waals surface area contributed by atoms with E-state index in [4.69, 9.17) is 40.1 Å². The Kier molecular flexibility index (Phi) is 15.8. The summed E-state index contributed by atoms with van der Waals surface area (Å²) < 4.78 is 28.1. The molecule has 0 bridgehead atoms. The topological polar surface area (TPSA) is 107 Å². The van der Waals surface area contributed by atoms with Crippen LogP contribution in [-0.4, -0.2) is 32.6 Å². The number of nitrogens with zero attached hydrogens (tertiary/aromatic N) is 4. The van der Waals surface area contributed by atoms with Crippen LogP contribution in [0.3, 0.4) is 0 Å². The highest BCUT2D eigenvalue weighted by Crippen LogP contribution is 2.47. The smallest absolute Gasteiger partial charge is 0.470 e. The van der Waals surface area contributed by atoms with Crippen LogP contribution in [-0.2, 0) is 4.65 Å². The van der Waals surface area contributed by atoms with Crippen molar-refractivity contribution in [3.05, 3.63) is 332 Å². The van der Waals surface area contributed by atoms with E-state index in [-0.39, 0.29) is 0 Å². The van der Waals surface area contributed by atoms with Crippen LogP contribution in [0.15, 0.2) is 325 Å². The van der Waals surface area contributed by atoms with Crippen molar-refractivity contribution in [2.24, 2.45) is 0 Å². The number of hydrogen-bond acceptors (Lipinski definition) is 12. The molecule has 0 saturated heterocycles. The lowest BCUT2D eigenvalue weighted by Gasteiger charge is -2.08. The van der Waals surface area contributed by atoms with Crippen molar-refractivity contribution < 1.29 is 18.5 Å². The molecule has 1 N–H and O–H groups in total. The number of allylic oxidation sites excluding steroid dienone is 5. The normalized spacial score (nSPS) is 12.2. The standard InChI is InChI=1S/C46H26N2OS2.C28H15ClN2OS.C18H11BO2S/c1-3-19-40-34(13-1)36-17-7-15-32(45(36)50-40)29-10-5-9-27(23-29)28-21-22-39-38(25-28)43-44(49-39)42(47-26-48-43)31-12-6-11-30(24-31)33-16-8-18-37-35-14-2-4-20-41(35)51-46(33)37;29-18-11-12-23-22(14-18)26-27(32-23)25(30-15-31-26)17-6-3-5-16(13-17)19-8-4-9-21-20-7-1-2-10-24(20)33-28(19)21;20-19-21-13-6-3-5-12(11-13)14-8-4-9-16-15-7-1-2-10-17(15)22-18(14)16/h1-26H;1-15H;1-2,4-11,20H/q;;+1. The van der Waals surface area contributed by atoms with Crippen molar-refractivity contribution in [1.29, 1.82) is 0 Å². The van der Waals surface area contributed by atoms with Crippen molar-refractivity contribution in [3.63, 3.8) is 0 Å². The van der Waals surface area contributed by atoms with Crippen LogP contribution in [0.25, 0.3) is 197 Å². The van der Waals surface area contributed by atoms with Gasteiger partial charge in [-0.05, 0) is 123 Å². The molecule has 0 saturated carbocycles. The average molecular weight is 1450 g/mol. The average Bonchev–Trinajstić information content (AvgIpc) is 1.61. The van der Waals surface area contributed by atoms with E-state index in [0.717, 1.165) is 88.9 Å². The second-order valence-electron chi connectivity index (χ2n) is 25.9. The van der Waals surface area contributed by atoms with Gasteiger partial charge in [-0.2, -0.15) is 0 Å². The van der Waals surface area contributed by atoms with Crippen LogP contribution in [0, 0.1) is 6.08 Å². The summed E-state index contributed by atoms with van der Waals surface area (Å²) in [6.07, 6.45) is 11.8. The Morgan fingerprint density at radius 1 is 0.349 bits per heavy atom. The summed E-state index contributed by atoms with van der Waals surface area (Å²) in [6.45, 7) is 0. The molecule has 8 aromatic heterocycles. The summed E-state index contributed by atoms with van der Waals surface area (Å²) in [5, 5.41) is 21.7. The summed E-state index contributed by atoms with van der Waals surface area (Å²) in [5.74, 6) is 0.568. The molecule has 1 aliphatic carbocycles. The Morgan fingerprint density at radius 3 is 1.20 bits per heavy atom. The third-order valence-corrected chi connectivity index (χ3v) is 24.9. The molecule has 106 heavy (non-hydrogen) atoms. The van der Waals surface area contributed by atoms with E-state index in [9.17, 15) is 0 Å². The Bertz CT molecular complexity index is 7240. The van der Waals surface area contributed by atoms with Crippen LogP contribution in [0.4, 0.5) is 0 Å². The van der Waals surface area contributed by atoms with E-state index < -0.39 is 0 Å². The fourth-order valence-electron chi connectivity index (χ4n) is 14.9. The van der Waals surface area contributed by atoms with Gasteiger partial charge in [0.05, 0.1) is 21.9 Å². The zero-order chi connectivity index (χ0) is 70.3. The maximum absolute atomic E-state index is 8.79. The van der Waals surface area contributed by atoms with Crippen LogP contribution in [0.2, 0.25) is 5.02 Å². The fourth-order valence-corrected chi connectivity index (χ4v) is 20.0. The Morgan fingerprint density at radius 2 is 0.726 bits per heavy atom. The number of furan rings is 2. The molecule has 0 amide bonds. The predicted molar refractivity (Wildman–Crippen MR) is 447 cm³/mol. The SMILES string of the molecule is Clc1ccc2oc3c(-c4cccc(-c5cccc6c5sc5ccccc56)c4)ncnc3c2c1.O[B]OC1=C[C+]=CC(c2cccc3c2sc2ccccc23)=C1.c1cc(-c2ccc3oc4c(-c5cccc(-c6cccc7c6sc6ccccc67)c5)ncnc4c3c2)cc(-c2cccc3c2sc2ccccc23)c1. The summed E-state index contributed by atoms with van der Waals surface area (Å²) in [5.41, 5.74) is 19.7. The lowest BCUT2D eigenvalue weighted by atomic mass is 9.97. The van der Waals surface area contributed by atoms with Gasteiger partial charge in [-0.3, -0.25) is 0 Å². The van der Waals surface area contributed by atoms with Gasteiger partial charge in [0.1, 0.15) is 58.4 Å². The molecule has 0 aliphatic heterocycles. The van der Waals surface area contributed by atoms with Gasteiger partial charge in [-0.25, -0.2) is 19.9 Å². The maximum Gasteiger partial charge on any atom is 0.584 e. The molecule has 21 aromatic rings. The minimum absolute atomic E-state index is 0.568. The van der Waals surface area contributed by atoms with Crippen LogP contribution < -0.4 is 0 Å². The zero-order valence-electron chi connectivity index (χ0n) is 56.0. The monoisotopic (exact) mass is 1450 g/mol. The Hall–Kier alpha value is -12.3. The van der Waals surface area contributed by atoms with Crippen LogP contribution in [0.5, 0.6) is 0 Å². The quantitative estimate of drug-likeness (QED) is 0.112. The van der Waals surface area contributed by atoms with Gasteiger partial charge in [0.25, 0.3) is 0 Å². The molecule has 0 spiro atoms. The van der Waals surface area contributed by atoms with Gasteiger partial charge in [0.15, 0.2) is 11.2 Å². The number of hydrogen-bond donors (Lipinski definition) is 1. The van der Waals surface area contributed by atoms with E-state index in [1.165, 1.54) is 103 Å². The number of thiophene rings is 4. The first-order valence-electron chi connectivity index (χ1n) is 34.5. The third kappa shape index (κ3) is 11.1. The molecular weight excluding hydrogens is 1400 g/mol. The summed E-state index contributed by atoms with van der Waals surface area (Å²) in [4.78, 5) is 18.6. The largest absolute Gasteiger partial charge is 0.584 e. The van der Waals surface area contributed by atoms with Gasteiger partial charge in [-0.15, -0.1) is 45.3 Å². The predicted octanol–water partition coefficient (Wildman–Crippen LogP) is 26.7. The first-order chi connectivity index (χ1) is 52.4. The molecule has 13 aromatic carbocycles. The van der Waals surface area contributed by atoms with Crippen molar-refractivity contribution in [2.45, 2.75) is 0 Å².